The lowest BCUT2D eigenvalue weighted by Gasteiger charge is -2.18. The molecule has 0 fully saturated rings. The van der Waals surface area contributed by atoms with E-state index in [0.29, 0.717) is 12.4 Å². The first-order chi connectivity index (χ1) is 11.7. The molecule has 7 nitrogen and oxygen atoms in total. The summed E-state index contributed by atoms with van der Waals surface area (Å²) in [6, 6.07) is 3.18. The van der Waals surface area contributed by atoms with Crippen LogP contribution in [0.4, 0.5) is 5.82 Å². The molecule has 138 valence electrons. The maximum absolute atomic E-state index is 12.4. The number of aromatic nitrogens is 2. The standard InChI is InChI=1S/C17H26N4O3S/c1-6-7-12(2)20-25(22,23)15-8-9-17(18-10-15)21(5)11-16-13(3)19-24-14(16)4/h8-10,12,20H,6-7,11H2,1-5H3. The minimum atomic E-state index is -3.54. The van der Waals surface area contributed by atoms with E-state index in [-0.39, 0.29) is 10.9 Å². The van der Waals surface area contributed by atoms with Gasteiger partial charge < -0.3 is 9.42 Å². The maximum atomic E-state index is 12.4. The normalized spacial score (nSPS) is 13.0. The zero-order chi connectivity index (χ0) is 18.6. The molecule has 1 atom stereocenters. The van der Waals surface area contributed by atoms with Gasteiger partial charge in [-0.3, -0.25) is 0 Å². The van der Waals surface area contributed by atoms with E-state index in [4.69, 9.17) is 4.52 Å². The Labute approximate surface area is 149 Å². The second kappa shape index (κ2) is 7.97. The molecule has 1 unspecified atom stereocenters. The summed E-state index contributed by atoms with van der Waals surface area (Å²) in [5.74, 6) is 1.46. The van der Waals surface area contributed by atoms with Crippen LogP contribution in [-0.4, -0.2) is 31.6 Å². The predicted molar refractivity (Wildman–Crippen MR) is 97.0 cm³/mol. The molecule has 0 aliphatic heterocycles. The van der Waals surface area contributed by atoms with Crippen LogP contribution in [0.15, 0.2) is 27.7 Å². The van der Waals surface area contributed by atoms with E-state index in [1.54, 1.807) is 12.1 Å². The van der Waals surface area contributed by atoms with Gasteiger partial charge in [-0.25, -0.2) is 18.1 Å². The SMILES string of the molecule is CCCC(C)NS(=O)(=O)c1ccc(N(C)Cc2c(C)noc2C)nc1. The Bertz CT molecular complexity index is 780. The molecule has 0 aliphatic carbocycles. The quantitative estimate of drug-likeness (QED) is 0.773. The summed E-state index contributed by atoms with van der Waals surface area (Å²) in [6.07, 6.45) is 3.11. The van der Waals surface area contributed by atoms with E-state index in [0.717, 1.165) is 29.9 Å². The van der Waals surface area contributed by atoms with Gasteiger partial charge in [0.15, 0.2) is 0 Å². The van der Waals surface area contributed by atoms with E-state index in [1.165, 1.54) is 6.20 Å². The van der Waals surface area contributed by atoms with Crippen LogP contribution >= 0.6 is 0 Å². The monoisotopic (exact) mass is 366 g/mol. The highest BCUT2D eigenvalue weighted by Gasteiger charge is 2.18. The summed E-state index contributed by atoms with van der Waals surface area (Å²) in [4.78, 5) is 6.39. The Balaban J connectivity index is 2.11. The third-order valence-corrected chi connectivity index (χ3v) is 5.65. The second-order valence-electron chi connectivity index (χ2n) is 6.32. The minimum absolute atomic E-state index is 0.100. The first-order valence-electron chi connectivity index (χ1n) is 8.36. The van der Waals surface area contributed by atoms with Crippen molar-refractivity contribution in [3.05, 3.63) is 35.3 Å². The van der Waals surface area contributed by atoms with Crippen LogP contribution < -0.4 is 9.62 Å². The van der Waals surface area contributed by atoms with Gasteiger partial charge in [0.05, 0.1) is 5.69 Å². The number of aryl methyl sites for hydroxylation is 2. The smallest absolute Gasteiger partial charge is 0.242 e. The molecule has 8 heteroatoms. The van der Waals surface area contributed by atoms with Gasteiger partial charge in [0.25, 0.3) is 0 Å². The van der Waals surface area contributed by atoms with E-state index >= 15 is 0 Å². The van der Waals surface area contributed by atoms with Crippen molar-refractivity contribution < 1.29 is 12.9 Å². The molecule has 2 heterocycles. The highest BCUT2D eigenvalue weighted by molar-refractivity contribution is 7.89. The van der Waals surface area contributed by atoms with Gasteiger partial charge in [0.1, 0.15) is 16.5 Å². The zero-order valence-corrected chi connectivity index (χ0v) is 16.2. The van der Waals surface area contributed by atoms with Crippen molar-refractivity contribution in [2.45, 2.75) is 58.0 Å². The van der Waals surface area contributed by atoms with Crippen molar-refractivity contribution in [3.63, 3.8) is 0 Å². The van der Waals surface area contributed by atoms with Crippen molar-refractivity contribution in [2.24, 2.45) is 0 Å². The van der Waals surface area contributed by atoms with Gasteiger partial charge in [-0.15, -0.1) is 0 Å². The molecule has 25 heavy (non-hydrogen) atoms. The largest absolute Gasteiger partial charge is 0.361 e. The molecule has 2 rings (SSSR count). The van der Waals surface area contributed by atoms with E-state index < -0.39 is 10.0 Å². The van der Waals surface area contributed by atoms with Crippen LogP contribution in [-0.2, 0) is 16.6 Å². The summed E-state index contributed by atoms with van der Waals surface area (Å²) < 4.78 is 32.6. The van der Waals surface area contributed by atoms with Crippen molar-refractivity contribution in [3.8, 4) is 0 Å². The number of nitrogens with zero attached hydrogens (tertiary/aromatic N) is 3. The second-order valence-corrected chi connectivity index (χ2v) is 8.04. The molecule has 1 N–H and O–H groups in total. The fraction of sp³-hybridized carbons (Fsp3) is 0.529. The molecular formula is C17H26N4O3S. The summed E-state index contributed by atoms with van der Waals surface area (Å²) in [5.41, 5.74) is 1.86. The summed E-state index contributed by atoms with van der Waals surface area (Å²) in [5, 5.41) is 3.94. The van der Waals surface area contributed by atoms with Crippen molar-refractivity contribution in [1.82, 2.24) is 14.9 Å². The average Bonchev–Trinajstić information content (AvgIpc) is 2.86. The number of hydrogen-bond donors (Lipinski definition) is 1. The van der Waals surface area contributed by atoms with Crippen LogP contribution in [0.25, 0.3) is 0 Å². The molecular weight excluding hydrogens is 340 g/mol. The molecule has 0 aliphatic rings. The molecule has 0 saturated carbocycles. The van der Waals surface area contributed by atoms with Crippen molar-refractivity contribution in [1.29, 1.82) is 0 Å². The van der Waals surface area contributed by atoms with Crippen LogP contribution in [0.2, 0.25) is 0 Å². The fourth-order valence-corrected chi connectivity index (χ4v) is 3.85. The number of nitrogens with one attached hydrogen (secondary N) is 1. The molecule has 0 spiro atoms. The maximum Gasteiger partial charge on any atom is 0.242 e. The van der Waals surface area contributed by atoms with Crippen LogP contribution in [0.1, 0.15) is 43.7 Å². The van der Waals surface area contributed by atoms with Crippen LogP contribution in [0.5, 0.6) is 0 Å². The molecule has 0 saturated heterocycles. The van der Waals surface area contributed by atoms with E-state index in [9.17, 15) is 8.42 Å². The Morgan fingerprint density at radius 1 is 1.32 bits per heavy atom. The van der Waals surface area contributed by atoms with Gasteiger partial charge in [-0.05, 0) is 39.3 Å². The molecule has 0 amide bonds. The highest BCUT2D eigenvalue weighted by atomic mass is 32.2. The summed E-state index contributed by atoms with van der Waals surface area (Å²) >= 11 is 0. The van der Waals surface area contributed by atoms with Gasteiger partial charge in [0, 0.05) is 31.4 Å². The van der Waals surface area contributed by atoms with Gasteiger partial charge in [0.2, 0.25) is 10.0 Å². The lowest BCUT2D eigenvalue weighted by Crippen LogP contribution is -2.32. The minimum Gasteiger partial charge on any atom is -0.361 e. The van der Waals surface area contributed by atoms with E-state index in [2.05, 4.69) is 14.9 Å². The zero-order valence-electron chi connectivity index (χ0n) is 15.4. The lowest BCUT2D eigenvalue weighted by molar-refractivity contribution is 0.392. The average molecular weight is 366 g/mol. The number of pyridine rings is 1. The number of rotatable bonds is 8. The van der Waals surface area contributed by atoms with Gasteiger partial charge in [-0.1, -0.05) is 18.5 Å². The summed E-state index contributed by atoms with van der Waals surface area (Å²) in [7, 11) is -1.65. The Morgan fingerprint density at radius 2 is 2.04 bits per heavy atom. The van der Waals surface area contributed by atoms with Crippen molar-refractivity contribution >= 4 is 15.8 Å². The van der Waals surface area contributed by atoms with Crippen molar-refractivity contribution in [2.75, 3.05) is 11.9 Å². The number of anilines is 1. The third-order valence-electron chi connectivity index (χ3n) is 4.08. The predicted octanol–water partition coefficient (Wildman–Crippen LogP) is 2.79. The Hall–Kier alpha value is -1.93. The lowest BCUT2D eigenvalue weighted by atomic mass is 10.2. The summed E-state index contributed by atoms with van der Waals surface area (Å²) in [6.45, 7) is 8.24. The topological polar surface area (TPSA) is 88.3 Å². The molecule has 0 aromatic carbocycles. The highest BCUT2D eigenvalue weighted by Crippen LogP contribution is 2.19. The number of sulfonamides is 1. The number of hydrogen-bond acceptors (Lipinski definition) is 6. The van der Waals surface area contributed by atoms with E-state index in [1.807, 2.05) is 39.6 Å². The molecule has 0 bridgehead atoms. The third kappa shape index (κ3) is 4.79. The first-order valence-corrected chi connectivity index (χ1v) is 9.84. The van der Waals surface area contributed by atoms with Crippen LogP contribution in [0, 0.1) is 13.8 Å². The molecule has 2 aromatic heterocycles. The molecule has 0 radical (unpaired) electrons. The van der Waals surface area contributed by atoms with Crippen LogP contribution in [0.3, 0.4) is 0 Å². The van der Waals surface area contributed by atoms with Gasteiger partial charge in [-0.2, -0.15) is 0 Å². The Morgan fingerprint density at radius 3 is 2.56 bits per heavy atom. The van der Waals surface area contributed by atoms with Gasteiger partial charge >= 0.3 is 0 Å². The fourth-order valence-electron chi connectivity index (χ4n) is 2.63. The first kappa shape index (κ1) is 19.4. The Kier molecular flexibility index (Phi) is 6.18. The molecule has 2 aromatic rings.